The monoisotopic (exact) mass is 409 g/mol. The molecule has 3 heterocycles. The molecule has 29 heavy (non-hydrogen) atoms. The first-order chi connectivity index (χ1) is 14.1. The van der Waals surface area contributed by atoms with Crippen LogP contribution in [0.4, 0.5) is 5.69 Å². The third kappa shape index (κ3) is 5.02. The highest BCUT2D eigenvalue weighted by Gasteiger charge is 2.19. The number of aryl methyl sites for hydroxylation is 2. The van der Waals surface area contributed by atoms with Gasteiger partial charge in [0.25, 0.3) is 0 Å². The Balaban J connectivity index is 1.27. The van der Waals surface area contributed by atoms with Gasteiger partial charge >= 0.3 is 0 Å². The third-order valence-electron chi connectivity index (χ3n) is 5.30. The first kappa shape index (κ1) is 19.6. The van der Waals surface area contributed by atoms with Crippen LogP contribution in [0.15, 0.2) is 49.1 Å². The summed E-state index contributed by atoms with van der Waals surface area (Å²) in [5, 5.41) is 12.8. The zero-order valence-electron chi connectivity index (χ0n) is 17.0. The number of benzene rings is 1. The number of thiocarbonyl (C=S) groups is 1. The summed E-state index contributed by atoms with van der Waals surface area (Å²) in [4.78, 5) is 4.67. The van der Waals surface area contributed by atoms with Crippen molar-refractivity contribution in [3.05, 3.63) is 65.7 Å². The van der Waals surface area contributed by atoms with Gasteiger partial charge in [0.1, 0.15) is 0 Å². The van der Waals surface area contributed by atoms with Crippen LogP contribution >= 0.6 is 12.2 Å². The number of aromatic nitrogens is 4. The van der Waals surface area contributed by atoms with Gasteiger partial charge in [0.05, 0.1) is 24.6 Å². The van der Waals surface area contributed by atoms with E-state index >= 15 is 0 Å². The Bertz CT molecular complexity index is 969. The molecule has 3 aromatic rings. The second kappa shape index (κ2) is 8.75. The lowest BCUT2D eigenvalue weighted by Gasteiger charge is -2.35. The summed E-state index contributed by atoms with van der Waals surface area (Å²) in [7, 11) is 1.95. The molecule has 1 aliphatic rings. The maximum Gasteiger partial charge on any atom is 0.173 e. The van der Waals surface area contributed by atoms with Crippen LogP contribution in [-0.2, 0) is 20.1 Å². The number of hydrogen-bond donors (Lipinski definition) is 1. The highest BCUT2D eigenvalue weighted by atomic mass is 32.1. The lowest BCUT2D eigenvalue weighted by atomic mass is 10.1. The fraction of sp³-hybridized carbons (Fsp3) is 0.381. The summed E-state index contributed by atoms with van der Waals surface area (Å²) < 4.78 is 3.79. The van der Waals surface area contributed by atoms with Gasteiger partial charge in [-0.3, -0.25) is 14.3 Å². The topological polar surface area (TPSA) is 54.2 Å². The number of piperazine rings is 1. The highest BCUT2D eigenvalue weighted by Crippen LogP contribution is 2.13. The Kier molecular flexibility index (Phi) is 5.92. The van der Waals surface area contributed by atoms with Gasteiger partial charge < -0.3 is 10.2 Å². The quantitative estimate of drug-likeness (QED) is 0.654. The van der Waals surface area contributed by atoms with E-state index in [4.69, 9.17) is 12.2 Å². The van der Waals surface area contributed by atoms with E-state index in [1.54, 1.807) is 0 Å². The number of anilines is 1. The molecule has 0 aliphatic carbocycles. The fourth-order valence-corrected chi connectivity index (χ4v) is 3.90. The molecule has 2 aromatic heterocycles. The molecule has 0 amide bonds. The van der Waals surface area contributed by atoms with Gasteiger partial charge in [-0.15, -0.1) is 0 Å². The summed E-state index contributed by atoms with van der Waals surface area (Å²) in [6, 6.07) is 8.39. The minimum absolute atomic E-state index is 0.758. The molecule has 1 aliphatic heterocycles. The van der Waals surface area contributed by atoms with E-state index in [0.29, 0.717) is 0 Å². The second-order valence-electron chi connectivity index (χ2n) is 7.57. The molecule has 0 unspecified atom stereocenters. The van der Waals surface area contributed by atoms with Gasteiger partial charge in [0, 0.05) is 57.7 Å². The number of hydrogen-bond acceptors (Lipinski definition) is 4. The summed E-state index contributed by atoms with van der Waals surface area (Å²) in [6.07, 6.45) is 7.86. The Morgan fingerprint density at radius 1 is 1.03 bits per heavy atom. The van der Waals surface area contributed by atoms with Crippen LogP contribution in [0.2, 0.25) is 0 Å². The van der Waals surface area contributed by atoms with E-state index in [2.05, 4.69) is 62.7 Å². The standard InChI is InChI=1S/C21H27N7S/c1-17-5-3-4-6-19(17)15-28-16-20(12-23-28)24-21(29)27-9-7-26(8-10-27)14-18-11-22-25(2)13-18/h3-6,11-13,16H,7-10,14-15H2,1-2H3,(H,24,29). The number of nitrogens with one attached hydrogen (secondary N) is 1. The molecule has 1 aromatic carbocycles. The van der Waals surface area contributed by atoms with Crippen LogP contribution < -0.4 is 5.32 Å². The van der Waals surface area contributed by atoms with Crippen molar-refractivity contribution >= 4 is 23.0 Å². The number of rotatable bonds is 5. The van der Waals surface area contributed by atoms with E-state index in [9.17, 15) is 0 Å². The van der Waals surface area contributed by atoms with E-state index in [1.807, 2.05) is 35.0 Å². The Morgan fingerprint density at radius 3 is 2.55 bits per heavy atom. The minimum Gasteiger partial charge on any atom is -0.346 e. The summed E-state index contributed by atoms with van der Waals surface area (Å²) in [6.45, 7) is 7.64. The van der Waals surface area contributed by atoms with Crippen LogP contribution in [-0.4, -0.2) is 60.7 Å². The van der Waals surface area contributed by atoms with Crippen molar-refractivity contribution in [3.63, 3.8) is 0 Å². The van der Waals surface area contributed by atoms with E-state index < -0.39 is 0 Å². The van der Waals surface area contributed by atoms with Crippen LogP contribution in [0.3, 0.4) is 0 Å². The summed E-state index contributed by atoms with van der Waals surface area (Å²) in [5.41, 5.74) is 4.73. The maximum atomic E-state index is 5.63. The molecule has 4 rings (SSSR count). The third-order valence-corrected chi connectivity index (χ3v) is 5.66. The minimum atomic E-state index is 0.758. The molecular weight excluding hydrogens is 382 g/mol. The largest absolute Gasteiger partial charge is 0.346 e. The highest BCUT2D eigenvalue weighted by molar-refractivity contribution is 7.80. The molecular formula is C21H27N7S. The van der Waals surface area contributed by atoms with Gasteiger partial charge in [-0.1, -0.05) is 24.3 Å². The molecule has 7 nitrogen and oxygen atoms in total. The van der Waals surface area contributed by atoms with Crippen molar-refractivity contribution in [1.29, 1.82) is 0 Å². The van der Waals surface area contributed by atoms with Crippen LogP contribution in [0.1, 0.15) is 16.7 Å². The smallest absolute Gasteiger partial charge is 0.173 e. The van der Waals surface area contributed by atoms with Crippen LogP contribution in [0, 0.1) is 6.92 Å². The maximum absolute atomic E-state index is 5.63. The average Bonchev–Trinajstić information content (AvgIpc) is 3.33. The van der Waals surface area contributed by atoms with Crippen molar-refractivity contribution in [1.82, 2.24) is 29.4 Å². The molecule has 1 N–H and O–H groups in total. The summed E-state index contributed by atoms with van der Waals surface area (Å²) in [5.74, 6) is 0. The Morgan fingerprint density at radius 2 is 1.83 bits per heavy atom. The first-order valence-corrected chi connectivity index (χ1v) is 10.3. The predicted molar refractivity (Wildman–Crippen MR) is 119 cm³/mol. The van der Waals surface area contributed by atoms with E-state index in [0.717, 1.165) is 50.1 Å². The van der Waals surface area contributed by atoms with Crippen molar-refractivity contribution in [2.24, 2.45) is 7.05 Å². The van der Waals surface area contributed by atoms with Gasteiger partial charge in [-0.2, -0.15) is 10.2 Å². The zero-order valence-corrected chi connectivity index (χ0v) is 17.8. The van der Waals surface area contributed by atoms with Gasteiger partial charge in [0.15, 0.2) is 5.11 Å². The van der Waals surface area contributed by atoms with E-state index in [-0.39, 0.29) is 0 Å². The molecule has 1 fully saturated rings. The zero-order chi connectivity index (χ0) is 20.2. The number of nitrogens with zero attached hydrogens (tertiary/aromatic N) is 6. The average molecular weight is 410 g/mol. The van der Waals surface area contributed by atoms with E-state index in [1.165, 1.54) is 16.7 Å². The van der Waals surface area contributed by atoms with Crippen LogP contribution in [0.5, 0.6) is 0 Å². The lowest BCUT2D eigenvalue weighted by Crippen LogP contribution is -2.49. The van der Waals surface area contributed by atoms with Gasteiger partial charge in [-0.25, -0.2) is 0 Å². The molecule has 0 radical (unpaired) electrons. The normalized spacial score (nSPS) is 14.9. The van der Waals surface area contributed by atoms with Crippen molar-refractivity contribution in [2.45, 2.75) is 20.0 Å². The van der Waals surface area contributed by atoms with Crippen LogP contribution in [0.25, 0.3) is 0 Å². The molecule has 1 saturated heterocycles. The molecule has 0 bridgehead atoms. The first-order valence-electron chi connectivity index (χ1n) is 9.89. The van der Waals surface area contributed by atoms with Crippen molar-refractivity contribution in [3.8, 4) is 0 Å². The SMILES string of the molecule is Cc1ccccc1Cn1cc(NC(=S)N2CCN(Cc3cnn(C)c3)CC2)cn1. The second-order valence-corrected chi connectivity index (χ2v) is 7.96. The molecule has 0 spiro atoms. The molecule has 0 saturated carbocycles. The summed E-state index contributed by atoms with van der Waals surface area (Å²) >= 11 is 5.63. The fourth-order valence-electron chi connectivity index (χ4n) is 3.60. The van der Waals surface area contributed by atoms with Crippen molar-refractivity contribution < 1.29 is 0 Å². The van der Waals surface area contributed by atoms with Gasteiger partial charge in [0.2, 0.25) is 0 Å². The van der Waals surface area contributed by atoms with Gasteiger partial charge in [-0.05, 0) is 30.3 Å². The lowest BCUT2D eigenvalue weighted by molar-refractivity contribution is 0.177. The van der Waals surface area contributed by atoms with Crippen molar-refractivity contribution in [2.75, 3.05) is 31.5 Å². The molecule has 0 atom stereocenters. The Hall–Kier alpha value is -2.71. The molecule has 152 valence electrons. The predicted octanol–water partition coefficient (Wildman–Crippen LogP) is 2.49. The Labute approximate surface area is 176 Å². The molecule has 8 heteroatoms.